The van der Waals surface area contributed by atoms with Crippen LogP contribution in [0, 0.1) is 0 Å². The smallest absolute Gasteiger partial charge is 0.235 e. The van der Waals surface area contributed by atoms with E-state index in [1.54, 1.807) is 6.26 Å². The highest BCUT2D eigenvalue weighted by Gasteiger charge is 2.28. The highest BCUT2D eigenvalue weighted by molar-refractivity contribution is 8.00. The van der Waals surface area contributed by atoms with Crippen LogP contribution in [0.4, 0.5) is 5.95 Å². The molecule has 0 spiro atoms. The quantitative estimate of drug-likeness (QED) is 0.442. The predicted octanol–water partition coefficient (Wildman–Crippen LogP) is 3.73. The molecular weight excluding hydrogens is 460 g/mol. The number of hydrogen-bond acceptors (Lipinski definition) is 7. The number of piperidine rings is 1. The minimum Gasteiger partial charge on any atom is -0.467 e. The van der Waals surface area contributed by atoms with Crippen molar-refractivity contribution in [2.24, 2.45) is 0 Å². The van der Waals surface area contributed by atoms with Gasteiger partial charge in [-0.3, -0.25) is 14.3 Å². The molecule has 35 heavy (non-hydrogen) atoms. The van der Waals surface area contributed by atoms with Crippen molar-refractivity contribution < 1.29 is 9.21 Å². The number of carbonyl (C=O) groups excluding carboxylic acids is 1. The van der Waals surface area contributed by atoms with E-state index < -0.39 is 0 Å². The van der Waals surface area contributed by atoms with Crippen molar-refractivity contribution in [2.75, 3.05) is 44.2 Å². The molecule has 186 valence electrons. The van der Waals surface area contributed by atoms with Gasteiger partial charge in [0.25, 0.3) is 0 Å². The maximum absolute atomic E-state index is 13.3. The van der Waals surface area contributed by atoms with Crippen LogP contribution in [-0.2, 0) is 17.9 Å². The molecule has 2 fully saturated rings. The third kappa shape index (κ3) is 5.90. The summed E-state index contributed by atoms with van der Waals surface area (Å²) in [5.74, 6) is 1.90. The van der Waals surface area contributed by atoms with Gasteiger partial charge in [0.2, 0.25) is 11.9 Å². The van der Waals surface area contributed by atoms with Gasteiger partial charge in [-0.2, -0.15) is 0 Å². The standard InChI is InChI=1S/C26H34N6O2S/c1-21(24(33)30-16-14-29(15-17-30)19-22-9-4-2-5-10-22)35-26-28-27-25(31-12-6-3-7-13-31)32(26)20-23-11-8-18-34-23/h2,4-5,8-11,18,21H,3,6-7,12-17,19-20H2,1H3. The molecule has 0 radical (unpaired) electrons. The summed E-state index contributed by atoms with van der Waals surface area (Å²) in [5, 5.41) is 9.59. The van der Waals surface area contributed by atoms with Gasteiger partial charge >= 0.3 is 0 Å². The maximum atomic E-state index is 13.3. The fraction of sp³-hybridized carbons (Fsp3) is 0.500. The minimum atomic E-state index is -0.232. The van der Waals surface area contributed by atoms with Crippen LogP contribution >= 0.6 is 11.8 Å². The van der Waals surface area contributed by atoms with E-state index in [9.17, 15) is 4.79 Å². The normalized spacial score (nSPS) is 18.1. The number of aromatic nitrogens is 3. The lowest BCUT2D eigenvalue weighted by molar-refractivity contribution is -0.132. The molecule has 4 heterocycles. The molecule has 2 saturated heterocycles. The Hall–Kier alpha value is -2.78. The molecule has 1 unspecified atom stereocenters. The number of piperazine rings is 1. The van der Waals surface area contributed by atoms with Crippen LogP contribution in [-0.4, -0.2) is 75.0 Å². The summed E-state index contributed by atoms with van der Waals surface area (Å²) in [6, 6.07) is 14.4. The molecule has 2 aromatic heterocycles. The Kier molecular flexibility index (Phi) is 7.73. The van der Waals surface area contributed by atoms with Crippen molar-refractivity contribution in [3.05, 3.63) is 60.1 Å². The molecule has 3 aromatic rings. The van der Waals surface area contributed by atoms with Crippen molar-refractivity contribution in [1.82, 2.24) is 24.6 Å². The van der Waals surface area contributed by atoms with Crippen LogP contribution in [0.1, 0.15) is 37.5 Å². The third-order valence-corrected chi connectivity index (χ3v) is 7.86. The van der Waals surface area contributed by atoms with Crippen molar-refractivity contribution in [1.29, 1.82) is 0 Å². The topological polar surface area (TPSA) is 70.6 Å². The van der Waals surface area contributed by atoms with E-state index in [2.05, 4.69) is 48.8 Å². The summed E-state index contributed by atoms with van der Waals surface area (Å²) < 4.78 is 7.73. The van der Waals surface area contributed by atoms with Crippen LogP contribution in [0.3, 0.4) is 0 Å². The number of rotatable bonds is 8. The Morgan fingerprint density at radius 3 is 2.43 bits per heavy atom. The number of nitrogens with zero attached hydrogens (tertiary/aromatic N) is 6. The number of benzene rings is 1. The van der Waals surface area contributed by atoms with Gasteiger partial charge in [0.05, 0.1) is 18.1 Å². The molecule has 0 N–H and O–H groups in total. The average Bonchev–Trinajstić information content (AvgIpc) is 3.56. The molecule has 9 heteroatoms. The molecular formula is C26H34N6O2S. The van der Waals surface area contributed by atoms with Crippen molar-refractivity contribution in [2.45, 2.75) is 49.7 Å². The molecule has 1 amide bonds. The second kappa shape index (κ2) is 11.3. The third-order valence-electron chi connectivity index (χ3n) is 6.79. The number of carbonyl (C=O) groups is 1. The van der Waals surface area contributed by atoms with Gasteiger partial charge in [-0.05, 0) is 43.9 Å². The van der Waals surface area contributed by atoms with Gasteiger partial charge in [-0.25, -0.2) is 0 Å². The van der Waals surface area contributed by atoms with Gasteiger partial charge in [-0.1, -0.05) is 42.1 Å². The summed E-state index contributed by atoms with van der Waals surface area (Å²) in [4.78, 5) is 20.0. The first-order valence-electron chi connectivity index (χ1n) is 12.6. The first kappa shape index (κ1) is 23.9. The zero-order valence-electron chi connectivity index (χ0n) is 20.4. The summed E-state index contributed by atoms with van der Waals surface area (Å²) in [7, 11) is 0. The van der Waals surface area contributed by atoms with Crippen LogP contribution in [0.2, 0.25) is 0 Å². The van der Waals surface area contributed by atoms with Gasteiger partial charge in [-0.15, -0.1) is 10.2 Å². The zero-order valence-corrected chi connectivity index (χ0v) is 21.2. The van der Waals surface area contributed by atoms with Gasteiger partial charge < -0.3 is 14.2 Å². The van der Waals surface area contributed by atoms with E-state index in [0.717, 1.165) is 62.7 Å². The summed E-state index contributed by atoms with van der Waals surface area (Å²) in [6.45, 7) is 8.76. The molecule has 2 aliphatic rings. The van der Waals surface area contributed by atoms with E-state index >= 15 is 0 Å². The van der Waals surface area contributed by atoms with Gasteiger partial charge in [0.15, 0.2) is 5.16 Å². The Morgan fingerprint density at radius 1 is 0.943 bits per heavy atom. The number of anilines is 1. The van der Waals surface area contributed by atoms with Crippen molar-refractivity contribution in [3.63, 3.8) is 0 Å². The molecule has 8 nitrogen and oxygen atoms in total. The number of hydrogen-bond donors (Lipinski definition) is 0. The van der Waals surface area contributed by atoms with E-state index in [1.165, 1.54) is 36.6 Å². The highest BCUT2D eigenvalue weighted by atomic mass is 32.2. The largest absolute Gasteiger partial charge is 0.467 e. The Balaban J connectivity index is 1.22. The second-order valence-corrected chi connectivity index (χ2v) is 10.7. The van der Waals surface area contributed by atoms with E-state index in [4.69, 9.17) is 4.42 Å². The lowest BCUT2D eigenvalue weighted by Crippen LogP contribution is -2.50. The van der Waals surface area contributed by atoms with E-state index in [0.29, 0.717) is 6.54 Å². The predicted molar refractivity (Wildman–Crippen MR) is 138 cm³/mol. The summed E-state index contributed by atoms with van der Waals surface area (Å²) in [5.41, 5.74) is 1.32. The van der Waals surface area contributed by atoms with Crippen LogP contribution in [0.5, 0.6) is 0 Å². The Bertz CT molecular complexity index is 1070. The van der Waals surface area contributed by atoms with Gasteiger partial charge in [0.1, 0.15) is 5.76 Å². The molecule has 5 rings (SSSR count). The number of amides is 1. The molecule has 2 aliphatic heterocycles. The maximum Gasteiger partial charge on any atom is 0.235 e. The minimum absolute atomic E-state index is 0.168. The lowest BCUT2D eigenvalue weighted by atomic mass is 10.1. The van der Waals surface area contributed by atoms with Crippen molar-refractivity contribution >= 4 is 23.6 Å². The fourth-order valence-electron chi connectivity index (χ4n) is 4.83. The van der Waals surface area contributed by atoms with Crippen LogP contribution < -0.4 is 4.90 Å². The molecule has 0 saturated carbocycles. The fourth-order valence-corrected chi connectivity index (χ4v) is 5.75. The molecule has 1 atom stereocenters. The van der Waals surface area contributed by atoms with Gasteiger partial charge in [0, 0.05) is 45.8 Å². The van der Waals surface area contributed by atoms with Crippen LogP contribution in [0.15, 0.2) is 58.3 Å². The molecule has 0 bridgehead atoms. The monoisotopic (exact) mass is 494 g/mol. The Labute approximate surface area is 211 Å². The lowest BCUT2D eigenvalue weighted by Gasteiger charge is -2.35. The molecule has 1 aromatic carbocycles. The SMILES string of the molecule is CC(Sc1nnc(N2CCCCC2)n1Cc1ccco1)C(=O)N1CCN(Cc2ccccc2)CC1. The van der Waals surface area contributed by atoms with E-state index in [1.807, 2.05) is 30.0 Å². The van der Waals surface area contributed by atoms with Crippen molar-refractivity contribution in [3.8, 4) is 0 Å². The number of furan rings is 1. The average molecular weight is 495 g/mol. The zero-order chi connectivity index (χ0) is 24.0. The first-order valence-corrected chi connectivity index (χ1v) is 13.5. The summed E-state index contributed by atoms with van der Waals surface area (Å²) >= 11 is 1.50. The highest BCUT2D eigenvalue weighted by Crippen LogP contribution is 2.29. The van der Waals surface area contributed by atoms with E-state index in [-0.39, 0.29) is 11.2 Å². The number of thioether (sulfide) groups is 1. The van der Waals surface area contributed by atoms with Crippen LogP contribution in [0.25, 0.3) is 0 Å². The second-order valence-electron chi connectivity index (χ2n) is 9.34. The summed E-state index contributed by atoms with van der Waals surface area (Å²) in [6.07, 6.45) is 5.29. The first-order chi connectivity index (χ1) is 17.2. The Morgan fingerprint density at radius 2 is 1.71 bits per heavy atom. The molecule has 0 aliphatic carbocycles.